The molecule has 166 valence electrons. The molecule has 0 radical (unpaired) electrons. The molecular formula is C21H25F3N6S. The molecule has 0 saturated carbocycles. The van der Waals surface area contributed by atoms with Crippen molar-refractivity contribution in [1.29, 1.82) is 0 Å². The van der Waals surface area contributed by atoms with Crippen LogP contribution in [-0.4, -0.2) is 57.0 Å². The molecule has 2 aliphatic heterocycles. The van der Waals surface area contributed by atoms with Gasteiger partial charge in [-0.25, -0.2) is 9.97 Å². The molecule has 0 spiro atoms. The maximum Gasteiger partial charge on any atom is 0.393 e. The number of likely N-dealkylation sites (tertiary alicyclic amines) is 1. The first kappa shape index (κ1) is 20.7. The molecule has 3 aromatic rings. The minimum atomic E-state index is -4.22. The van der Waals surface area contributed by atoms with Gasteiger partial charge in [0.25, 0.3) is 0 Å². The number of nitrogens with zero attached hydrogens (tertiary/aromatic N) is 6. The first-order valence-electron chi connectivity index (χ1n) is 10.5. The Balaban J connectivity index is 1.33. The first-order valence-corrected chi connectivity index (χ1v) is 11.4. The number of fused-ring (bicyclic) bond motifs is 2. The van der Waals surface area contributed by atoms with Gasteiger partial charge >= 0.3 is 6.18 Å². The van der Waals surface area contributed by atoms with E-state index in [0.717, 1.165) is 55.1 Å². The third-order valence-corrected chi connectivity index (χ3v) is 7.66. The van der Waals surface area contributed by atoms with Gasteiger partial charge in [0.05, 0.1) is 18.0 Å². The van der Waals surface area contributed by atoms with E-state index < -0.39 is 12.6 Å². The van der Waals surface area contributed by atoms with Crippen molar-refractivity contribution in [2.24, 2.45) is 18.9 Å². The lowest BCUT2D eigenvalue weighted by Gasteiger charge is -2.37. The second-order valence-corrected chi connectivity index (χ2v) is 9.87. The predicted octanol–water partition coefficient (Wildman–Crippen LogP) is 4.05. The Kier molecular flexibility index (Phi) is 5.16. The highest BCUT2D eigenvalue weighted by Gasteiger charge is 2.39. The highest BCUT2D eigenvalue weighted by atomic mass is 32.1. The van der Waals surface area contributed by atoms with Crippen molar-refractivity contribution < 1.29 is 13.2 Å². The summed E-state index contributed by atoms with van der Waals surface area (Å²) in [5.74, 6) is 1.87. The van der Waals surface area contributed by atoms with Gasteiger partial charge in [0.2, 0.25) is 0 Å². The number of anilines is 1. The third kappa shape index (κ3) is 4.15. The van der Waals surface area contributed by atoms with Crippen LogP contribution >= 0.6 is 11.3 Å². The zero-order chi connectivity index (χ0) is 21.8. The summed E-state index contributed by atoms with van der Waals surface area (Å²) in [4.78, 5) is 14.4. The van der Waals surface area contributed by atoms with E-state index in [-0.39, 0.29) is 4.88 Å². The second kappa shape index (κ2) is 7.74. The molecule has 2 saturated heterocycles. The average molecular weight is 451 g/mol. The molecule has 2 aliphatic rings. The topological polar surface area (TPSA) is 50.1 Å². The van der Waals surface area contributed by atoms with E-state index in [1.54, 1.807) is 6.07 Å². The number of aromatic nitrogens is 4. The van der Waals surface area contributed by atoms with Crippen molar-refractivity contribution >= 4 is 27.4 Å². The van der Waals surface area contributed by atoms with Gasteiger partial charge in [0, 0.05) is 49.4 Å². The molecular weight excluding hydrogens is 425 g/mol. The molecule has 6 nitrogen and oxygen atoms in total. The summed E-state index contributed by atoms with van der Waals surface area (Å²) in [6.07, 6.45) is 1.47. The third-order valence-electron chi connectivity index (χ3n) is 6.62. The number of hydrogen-bond donors (Lipinski definition) is 0. The first-order chi connectivity index (χ1) is 14.8. The van der Waals surface area contributed by atoms with Gasteiger partial charge in [0.1, 0.15) is 17.0 Å². The average Bonchev–Trinajstić information content (AvgIpc) is 3.42. The fraction of sp³-hybridized carbons (Fsp3) is 0.571. The van der Waals surface area contributed by atoms with E-state index in [1.165, 1.54) is 11.9 Å². The maximum absolute atomic E-state index is 12.8. The summed E-state index contributed by atoms with van der Waals surface area (Å²) in [7, 11) is 1.93. The Labute approximate surface area is 182 Å². The van der Waals surface area contributed by atoms with E-state index in [9.17, 15) is 13.2 Å². The SMILES string of the molecule is C[C@@H](c1cnn(C)c1)N1CC[C@@H]2CN(c3ncnc4sc(CC(F)(F)F)cc34)C[C@@H]2C1. The second-order valence-electron chi connectivity index (χ2n) is 8.75. The molecule has 0 bridgehead atoms. The Hall–Kier alpha value is -2.20. The van der Waals surface area contributed by atoms with Gasteiger partial charge in [-0.15, -0.1) is 11.3 Å². The number of thiophene rings is 1. The Bertz CT molecular complexity index is 1080. The van der Waals surface area contributed by atoms with E-state index >= 15 is 0 Å². The van der Waals surface area contributed by atoms with Crippen LogP contribution in [0.3, 0.4) is 0 Å². The molecule has 0 amide bonds. The van der Waals surface area contributed by atoms with Crippen molar-refractivity contribution in [3.8, 4) is 0 Å². The molecule has 3 atom stereocenters. The van der Waals surface area contributed by atoms with E-state index in [4.69, 9.17) is 0 Å². The number of alkyl halides is 3. The number of rotatable bonds is 4. The molecule has 0 aromatic carbocycles. The minimum Gasteiger partial charge on any atom is -0.355 e. The quantitative estimate of drug-likeness (QED) is 0.600. The smallest absolute Gasteiger partial charge is 0.355 e. The van der Waals surface area contributed by atoms with Gasteiger partial charge in [0.15, 0.2) is 0 Å². The van der Waals surface area contributed by atoms with Crippen molar-refractivity contribution in [1.82, 2.24) is 24.6 Å². The van der Waals surface area contributed by atoms with E-state index in [1.807, 2.05) is 17.9 Å². The Morgan fingerprint density at radius 3 is 2.74 bits per heavy atom. The van der Waals surface area contributed by atoms with Gasteiger partial charge in [-0.05, 0) is 37.8 Å². The summed E-state index contributed by atoms with van der Waals surface area (Å²) in [6.45, 7) is 6.05. The van der Waals surface area contributed by atoms with Crippen molar-refractivity contribution in [2.75, 3.05) is 31.1 Å². The normalized spacial score (nSPS) is 23.5. The number of halogens is 3. The predicted molar refractivity (Wildman–Crippen MR) is 114 cm³/mol. The number of piperidine rings is 1. The molecule has 10 heteroatoms. The highest BCUT2D eigenvalue weighted by molar-refractivity contribution is 7.18. The van der Waals surface area contributed by atoms with Crippen LogP contribution in [0.4, 0.5) is 19.0 Å². The molecule has 0 N–H and O–H groups in total. The van der Waals surface area contributed by atoms with Crippen LogP contribution in [0.15, 0.2) is 24.8 Å². The molecule has 0 unspecified atom stereocenters. The van der Waals surface area contributed by atoms with Crippen LogP contribution in [-0.2, 0) is 13.5 Å². The van der Waals surface area contributed by atoms with Crippen LogP contribution in [0.2, 0.25) is 0 Å². The van der Waals surface area contributed by atoms with Gasteiger partial charge in [-0.2, -0.15) is 18.3 Å². The fourth-order valence-corrected chi connectivity index (χ4v) is 6.04. The largest absolute Gasteiger partial charge is 0.393 e. The molecule has 5 heterocycles. The van der Waals surface area contributed by atoms with Crippen LogP contribution in [0.1, 0.15) is 29.8 Å². The zero-order valence-electron chi connectivity index (χ0n) is 17.5. The van der Waals surface area contributed by atoms with E-state index in [2.05, 4.69) is 38.0 Å². The summed E-state index contributed by atoms with van der Waals surface area (Å²) in [5, 5.41) is 5.04. The molecule has 0 aliphatic carbocycles. The maximum atomic E-state index is 12.8. The molecule has 5 rings (SSSR count). The number of hydrogen-bond acceptors (Lipinski definition) is 6. The lowest BCUT2D eigenvalue weighted by Crippen LogP contribution is -2.41. The van der Waals surface area contributed by atoms with Gasteiger partial charge in [-0.1, -0.05) is 0 Å². The van der Waals surface area contributed by atoms with Crippen LogP contribution in [0.5, 0.6) is 0 Å². The zero-order valence-corrected chi connectivity index (χ0v) is 18.3. The monoisotopic (exact) mass is 450 g/mol. The van der Waals surface area contributed by atoms with Crippen molar-refractivity contribution in [3.63, 3.8) is 0 Å². The van der Waals surface area contributed by atoms with Crippen LogP contribution in [0.25, 0.3) is 10.2 Å². The molecule has 3 aromatic heterocycles. The molecule has 31 heavy (non-hydrogen) atoms. The summed E-state index contributed by atoms with van der Waals surface area (Å²) in [6, 6.07) is 1.94. The summed E-state index contributed by atoms with van der Waals surface area (Å²) in [5.41, 5.74) is 1.23. The summed E-state index contributed by atoms with van der Waals surface area (Å²) < 4.78 is 40.4. The summed E-state index contributed by atoms with van der Waals surface area (Å²) >= 11 is 1.11. The lowest BCUT2D eigenvalue weighted by molar-refractivity contribution is -0.126. The molecule has 2 fully saturated rings. The Morgan fingerprint density at radius 2 is 2.00 bits per heavy atom. The van der Waals surface area contributed by atoms with Crippen molar-refractivity contribution in [3.05, 3.63) is 35.2 Å². The standard InChI is InChI=1S/C21H25F3N6S/c1-13(15-7-27-28(2)8-15)29-4-3-14-9-30(11-16(14)10-29)19-18-5-17(6-21(22,23)24)31-20(18)26-12-25-19/h5,7-8,12-14,16H,3-4,6,9-11H2,1-2H3/t13-,14+,16-/m0/s1. The van der Waals surface area contributed by atoms with Crippen LogP contribution in [0, 0.1) is 11.8 Å². The lowest BCUT2D eigenvalue weighted by atomic mass is 9.87. The Morgan fingerprint density at radius 1 is 1.19 bits per heavy atom. The van der Waals surface area contributed by atoms with E-state index in [0.29, 0.717) is 22.7 Å². The van der Waals surface area contributed by atoms with Crippen molar-refractivity contribution in [2.45, 2.75) is 32.0 Å². The fourth-order valence-electron chi connectivity index (χ4n) is 5.02. The van der Waals surface area contributed by atoms with Crippen LogP contribution < -0.4 is 4.90 Å². The number of aryl methyl sites for hydroxylation is 1. The van der Waals surface area contributed by atoms with Gasteiger partial charge in [-0.3, -0.25) is 9.58 Å². The van der Waals surface area contributed by atoms with Gasteiger partial charge < -0.3 is 4.90 Å². The minimum absolute atomic E-state index is 0.289. The highest BCUT2D eigenvalue weighted by Crippen LogP contribution is 2.39.